The highest BCUT2D eigenvalue weighted by atomic mass is 15.2. The molecule has 1 aliphatic heterocycles. The molecule has 2 N–H and O–H groups in total. The van der Waals surface area contributed by atoms with Gasteiger partial charge in [-0.1, -0.05) is 54.6 Å². The van der Waals surface area contributed by atoms with Gasteiger partial charge in [-0.15, -0.1) is 0 Å². The first-order valence-electron chi connectivity index (χ1n) is 8.77. The first kappa shape index (κ1) is 16.5. The van der Waals surface area contributed by atoms with Crippen LogP contribution in [0.5, 0.6) is 0 Å². The average Bonchev–Trinajstić information content (AvgIpc) is 2.65. The third-order valence-electron chi connectivity index (χ3n) is 4.59. The fourth-order valence-electron chi connectivity index (χ4n) is 3.26. The van der Waals surface area contributed by atoms with Crippen molar-refractivity contribution in [3.63, 3.8) is 0 Å². The van der Waals surface area contributed by atoms with Crippen molar-refractivity contribution in [2.75, 3.05) is 39.8 Å². The number of nitrogens with zero attached hydrogens (tertiary/aromatic N) is 1. The van der Waals surface area contributed by atoms with Crippen molar-refractivity contribution in [2.24, 2.45) is 0 Å². The van der Waals surface area contributed by atoms with E-state index in [0.29, 0.717) is 0 Å². The molecule has 3 heteroatoms. The SMILES string of the molecule is CNC(c1ccccc1)=[N+]1CC[NH+](C/C=C/c2ccccc2)CC1. The van der Waals surface area contributed by atoms with Crippen LogP contribution in [0.2, 0.25) is 0 Å². The van der Waals surface area contributed by atoms with Gasteiger partial charge in [0.2, 0.25) is 0 Å². The molecule has 0 atom stereocenters. The highest BCUT2D eigenvalue weighted by Gasteiger charge is 2.22. The molecule has 0 unspecified atom stereocenters. The zero-order valence-corrected chi connectivity index (χ0v) is 14.4. The van der Waals surface area contributed by atoms with Crippen LogP contribution in [0.15, 0.2) is 66.7 Å². The monoisotopic (exact) mass is 321 g/mol. The van der Waals surface area contributed by atoms with Gasteiger partial charge < -0.3 is 4.90 Å². The van der Waals surface area contributed by atoms with Crippen molar-refractivity contribution in [1.29, 1.82) is 0 Å². The molecule has 2 aromatic carbocycles. The van der Waals surface area contributed by atoms with Crippen molar-refractivity contribution in [3.8, 4) is 0 Å². The van der Waals surface area contributed by atoms with Crippen LogP contribution in [-0.4, -0.2) is 50.2 Å². The standard InChI is InChI=1S/C21H25N3/c1-22-21(20-12-6-3-7-13-20)24-17-15-23(16-18-24)14-8-11-19-9-4-2-5-10-19/h2-13H,14-18H2,1H3/p+2/b11-8+. The number of amidine groups is 1. The van der Waals surface area contributed by atoms with Gasteiger partial charge in [0, 0.05) is 0 Å². The molecule has 124 valence electrons. The van der Waals surface area contributed by atoms with E-state index in [0.717, 1.165) is 19.6 Å². The lowest BCUT2D eigenvalue weighted by molar-refractivity contribution is -0.926. The summed E-state index contributed by atoms with van der Waals surface area (Å²) in [6, 6.07) is 21.2. The zero-order valence-electron chi connectivity index (χ0n) is 14.4. The maximum absolute atomic E-state index is 3.39. The van der Waals surface area contributed by atoms with Gasteiger partial charge in [-0.2, -0.15) is 0 Å². The first-order valence-corrected chi connectivity index (χ1v) is 8.77. The minimum Gasteiger partial charge on any atom is -0.325 e. The Morgan fingerprint density at radius 3 is 2.25 bits per heavy atom. The average molecular weight is 321 g/mol. The number of hydrogen-bond donors (Lipinski definition) is 2. The second-order valence-corrected chi connectivity index (χ2v) is 6.22. The lowest BCUT2D eigenvalue weighted by Gasteiger charge is -2.24. The predicted molar refractivity (Wildman–Crippen MR) is 101 cm³/mol. The fourth-order valence-corrected chi connectivity index (χ4v) is 3.26. The number of piperazine rings is 1. The van der Waals surface area contributed by atoms with Crippen LogP contribution in [-0.2, 0) is 0 Å². The molecule has 3 nitrogen and oxygen atoms in total. The minimum absolute atomic E-state index is 1.10. The molecule has 2 aromatic rings. The summed E-state index contributed by atoms with van der Waals surface area (Å²) in [4.78, 5) is 1.65. The third-order valence-corrected chi connectivity index (χ3v) is 4.59. The van der Waals surface area contributed by atoms with E-state index < -0.39 is 0 Å². The van der Waals surface area contributed by atoms with E-state index in [4.69, 9.17) is 0 Å². The number of rotatable bonds is 4. The zero-order chi connectivity index (χ0) is 16.6. The van der Waals surface area contributed by atoms with Crippen LogP contribution >= 0.6 is 0 Å². The summed E-state index contributed by atoms with van der Waals surface area (Å²) in [5.74, 6) is 1.24. The third kappa shape index (κ3) is 4.33. The second-order valence-electron chi connectivity index (χ2n) is 6.22. The molecule has 0 aromatic heterocycles. The molecule has 0 bridgehead atoms. The number of nitrogens with one attached hydrogen (secondary N) is 2. The number of quaternary nitrogens is 1. The quantitative estimate of drug-likeness (QED) is 0.642. The number of hydrogen-bond acceptors (Lipinski definition) is 0. The van der Waals surface area contributed by atoms with Crippen LogP contribution in [0.1, 0.15) is 11.1 Å². The molecular weight excluding hydrogens is 294 g/mol. The molecule has 1 aliphatic rings. The summed E-state index contributed by atoms with van der Waals surface area (Å²) in [7, 11) is 2.02. The first-order chi connectivity index (χ1) is 11.9. The van der Waals surface area contributed by atoms with Gasteiger partial charge in [0.1, 0.15) is 26.2 Å². The molecule has 0 radical (unpaired) electrons. The second kappa shape index (κ2) is 8.46. The van der Waals surface area contributed by atoms with Crippen LogP contribution in [0.4, 0.5) is 0 Å². The van der Waals surface area contributed by atoms with E-state index in [1.807, 2.05) is 7.05 Å². The normalized spacial score (nSPS) is 17.9. The maximum atomic E-state index is 3.39. The van der Waals surface area contributed by atoms with E-state index in [1.54, 1.807) is 4.90 Å². The topological polar surface area (TPSA) is 19.5 Å². The fraction of sp³-hybridized carbons (Fsp3) is 0.286. The van der Waals surface area contributed by atoms with Gasteiger partial charge in [0.05, 0.1) is 19.2 Å². The summed E-state index contributed by atoms with van der Waals surface area (Å²) in [6.45, 7) is 5.65. The molecule has 1 fully saturated rings. The molecule has 1 saturated heterocycles. The summed E-state index contributed by atoms with van der Waals surface area (Å²) >= 11 is 0. The van der Waals surface area contributed by atoms with Crippen LogP contribution in [0.3, 0.4) is 0 Å². The molecule has 24 heavy (non-hydrogen) atoms. The summed E-state index contributed by atoms with van der Waals surface area (Å²) in [5.41, 5.74) is 2.55. The predicted octanol–water partition coefficient (Wildman–Crippen LogP) is 1.28. The maximum Gasteiger partial charge on any atom is 0.277 e. The van der Waals surface area contributed by atoms with E-state index in [9.17, 15) is 0 Å². The molecule has 1 heterocycles. The van der Waals surface area contributed by atoms with Crippen LogP contribution < -0.4 is 10.2 Å². The van der Waals surface area contributed by atoms with Crippen molar-refractivity contribution >= 4 is 11.9 Å². The summed E-state index contributed by atoms with van der Waals surface area (Å²) in [5, 5.41) is 3.39. The van der Waals surface area contributed by atoms with Crippen molar-refractivity contribution < 1.29 is 9.48 Å². The Bertz CT molecular complexity index is 680. The Balaban J connectivity index is 1.57. The van der Waals surface area contributed by atoms with Crippen molar-refractivity contribution in [2.45, 2.75) is 0 Å². The molecule has 0 amide bonds. The van der Waals surface area contributed by atoms with E-state index in [-0.39, 0.29) is 0 Å². The molecular formula is C21H27N3+2. The Kier molecular flexibility index (Phi) is 5.80. The van der Waals surface area contributed by atoms with E-state index in [1.165, 1.54) is 30.1 Å². The lowest BCUT2D eigenvalue weighted by atomic mass is 10.2. The molecule has 0 saturated carbocycles. The van der Waals surface area contributed by atoms with Gasteiger partial charge in [-0.25, -0.2) is 0 Å². The lowest BCUT2D eigenvalue weighted by Crippen LogP contribution is -3.14. The van der Waals surface area contributed by atoms with Crippen LogP contribution in [0.25, 0.3) is 6.08 Å². The largest absolute Gasteiger partial charge is 0.325 e. The molecule has 0 aliphatic carbocycles. The van der Waals surface area contributed by atoms with Gasteiger partial charge in [0.15, 0.2) is 0 Å². The molecule has 0 spiro atoms. The van der Waals surface area contributed by atoms with Gasteiger partial charge in [-0.05, 0) is 23.8 Å². The smallest absolute Gasteiger partial charge is 0.277 e. The summed E-state index contributed by atoms with van der Waals surface area (Å²) < 4.78 is 2.47. The summed E-state index contributed by atoms with van der Waals surface area (Å²) in [6.07, 6.45) is 4.54. The molecule has 3 rings (SSSR count). The van der Waals surface area contributed by atoms with Gasteiger partial charge in [-0.3, -0.25) is 9.89 Å². The highest BCUT2D eigenvalue weighted by Crippen LogP contribution is 2.01. The van der Waals surface area contributed by atoms with Crippen molar-refractivity contribution in [1.82, 2.24) is 5.32 Å². The Labute approximate surface area is 144 Å². The Hall–Kier alpha value is -2.39. The Morgan fingerprint density at radius 2 is 1.62 bits per heavy atom. The number of benzene rings is 2. The highest BCUT2D eigenvalue weighted by molar-refractivity contribution is 5.94. The van der Waals surface area contributed by atoms with Gasteiger partial charge >= 0.3 is 0 Å². The van der Waals surface area contributed by atoms with Crippen LogP contribution in [0, 0.1) is 0 Å². The van der Waals surface area contributed by atoms with Gasteiger partial charge in [0.25, 0.3) is 5.84 Å². The van der Waals surface area contributed by atoms with Crippen molar-refractivity contribution in [3.05, 3.63) is 77.9 Å². The minimum atomic E-state index is 1.10. The van der Waals surface area contributed by atoms with E-state index >= 15 is 0 Å². The Morgan fingerprint density at radius 1 is 1.00 bits per heavy atom. The van der Waals surface area contributed by atoms with E-state index in [2.05, 4.69) is 82.7 Å².